The van der Waals surface area contributed by atoms with Gasteiger partial charge < -0.3 is 9.88 Å². The van der Waals surface area contributed by atoms with Gasteiger partial charge in [0.1, 0.15) is 0 Å². The number of fused-ring (bicyclic) bond motifs is 1. The number of hydrogen-bond acceptors (Lipinski definition) is 2. The predicted molar refractivity (Wildman–Crippen MR) is 69.2 cm³/mol. The van der Waals surface area contributed by atoms with Gasteiger partial charge in [-0.25, -0.2) is 0 Å². The summed E-state index contributed by atoms with van der Waals surface area (Å²) in [6, 6.07) is 9.79. The molecule has 0 aliphatic carbocycles. The highest BCUT2D eigenvalue weighted by molar-refractivity contribution is 5.81. The Kier molecular flexibility index (Phi) is 2.69. The molecule has 0 spiro atoms. The van der Waals surface area contributed by atoms with Crippen LogP contribution in [0.3, 0.4) is 0 Å². The smallest absolute Gasteiger partial charge is 0.258 e. The van der Waals surface area contributed by atoms with Crippen LogP contribution >= 0.6 is 0 Å². The minimum Gasteiger partial charge on any atom is -0.316 e. The molecule has 2 aromatic rings. The summed E-state index contributed by atoms with van der Waals surface area (Å²) in [4.78, 5) is 12.2. The summed E-state index contributed by atoms with van der Waals surface area (Å²) in [6.45, 7) is 3.03. The first-order valence-corrected chi connectivity index (χ1v) is 6.13. The molecule has 0 radical (unpaired) electrons. The second-order valence-electron chi connectivity index (χ2n) is 4.71. The molecule has 1 aromatic carbocycles. The lowest BCUT2D eigenvalue weighted by atomic mass is 9.99. The Morgan fingerprint density at radius 2 is 2.06 bits per heavy atom. The molecule has 1 N–H and O–H groups in total. The van der Waals surface area contributed by atoms with Crippen LogP contribution in [0, 0.1) is 5.92 Å². The van der Waals surface area contributed by atoms with Crippen molar-refractivity contribution in [3.05, 3.63) is 46.9 Å². The number of rotatable bonds is 3. The molecule has 0 amide bonds. The second-order valence-corrected chi connectivity index (χ2v) is 4.71. The zero-order valence-electron chi connectivity index (χ0n) is 9.73. The van der Waals surface area contributed by atoms with E-state index in [-0.39, 0.29) is 5.56 Å². The van der Waals surface area contributed by atoms with E-state index in [9.17, 15) is 4.79 Å². The van der Waals surface area contributed by atoms with E-state index in [1.807, 2.05) is 41.1 Å². The van der Waals surface area contributed by atoms with Gasteiger partial charge in [-0.3, -0.25) is 4.79 Å². The molecule has 3 heteroatoms. The molecule has 3 nitrogen and oxygen atoms in total. The standard InChI is InChI=1S/C14H16N2O/c17-14-13-4-2-1-3-12(13)6-8-16(14)7-5-11-9-15-10-11/h1-4,6,8,11,15H,5,7,9-10H2. The van der Waals surface area contributed by atoms with Gasteiger partial charge >= 0.3 is 0 Å². The Hall–Kier alpha value is -1.61. The van der Waals surface area contributed by atoms with Gasteiger partial charge in [-0.2, -0.15) is 0 Å². The van der Waals surface area contributed by atoms with Gasteiger partial charge in [0.25, 0.3) is 5.56 Å². The molecular formula is C14H16N2O. The lowest BCUT2D eigenvalue weighted by molar-refractivity contribution is 0.311. The number of aryl methyl sites for hydroxylation is 1. The van der Waals surface area contributed by atoms with E-state index in [1.165, 1.54) is 0 Å². The van der Waals surface area contributed by atoms with Gasteiger partial charge in [0.05, 0.1) is 0 Å². The monoisotopic (exact) mass is 228 g/mol. The van der Waals surface area contributed by atoms with E-state index in [4.69, 9.17) is 0 Å². The summed E-state index contributed by atoms with van der Waals surface area (Å²) < 4.78 is 1.83. The molecule has 0 bridgehead atoms. The lowest BCUT2D eigenvalue weighted by Gasteiger charge is -2.27. The molecule has 1 fully saturated rings. The third-order valence-electron chi connectivity index (χ3n) is 3.53. The van der Waals surface area contributed by atoms with Crippen LogP contribution < -0.4 is 10.9 Å². The van der Waals surface area contributed by atoms with Gasteiger partial charge in [-0.15, -0.1) is 0 Å². The maximum atomic E-state index is 12.2. The van der Waals surface area contributed by atoms with Gasteiger partial charge in [0.15, 0.2) is 0 Å². The van der Waals surface area contributed by atoms with E-state index in [0.717, 1.165) is 42.7 Å². The quantitative estimate of drug-likeness (QED) is 0.866. The topological polar surface area (TPSA) is 34.0 Å². The zero-order chi connectivity index (χ0) is 11.7. The summed E-state index contributed by atoms with van der Waals surface area (Å²) >= 11 is 0. The highest BCUT2D eigenvalue weighted by Crippen LogP contribution is 2.11. The Bertz CT molecular complexity index is 584. The number of hydrogen-bond donors (Lipinski definition) is 1. The van der Waals surface area contributed by atoms with Crippen LogP contribution in [0.4, 0.5) is 0 Å². The van der Waals surface area contributed by atoms with Crippen molar-refractivity contribution in [1.29, 1.82) is 0 Å². The van der Waals surface area contributed by atoms with E-state index in [2.05, 4.69) is 5.32 Å². The number of benzene rings is 1. The first-order chi connectivity index (χ1) is 8.34. The second kappa shape index (κ2) is 4.34. The lowest BCUT2D eigenvalue weighted by Crippen LogP contribution is -2.42. The van der Waals surface area contributed by atoms with Crippen LogP contribution in [-0.4, -0.2) is 17.7 Å². The summed E-state index contributed by atoms with van der Waals surface area (Å²) in [5, 5.41) is 5.10. The first kappa shape index (κ1) is 10.5. The van der Waals surface area contributed by atoms with Crippen LogP contribution in [-0.2, 0) is 6.54 Å². The number of pyridine rings is 1. The minimum atomic E-state index is 0.135. The maximum absolute atomic E-state index is 12.2. The van der Waals surface area contributed by atoms with Crippen LogP contribution in [0.25, 0.3) is 10.8 Å². The summed E-state index contributed by atoms with van der Waals surface area (Å²) in [5.74, 6) is 0.744. The summed E-state index contributed by atoms with van der Waals surface area (Å²) in [6.07, 6.45) is 3.00. The van der Waals surface area contributed by atoms with Crippen LogP contribution in [0.5, 0.6) is 0 Å². The average molecular weight is 228 g/mol. The molecule has 0 unspecified atom stereocenters. The van der Waals surface area contributed by atoms with Crippen molar-refractivity contribution >= 4 is 10.8 Å². The average Bonchev–Trinajstić information content (AvgIpc) is 2.30. The molecule has 1 aliphatic heterocycles. The van der Waals surface area contributed by atoms with Crippen molar-refractivity contribution in [2.75, 3.05) is 13.1 Å². The largest absolute Gasteiger partial charge is 0.316 e. The normalized spacial score (nSPS) is 16.0. The van der Waals surface area contributed by atoms with E-state index in [1.54, 1.807) is 0 Å². The van der Waals surface area contributed by atoms with Crippen LogP contribution in [0.2, 0.25) is 0 Å². The summed E-state index contributed by atoms with van der Waals surface area (Å²) in [5.41, 5.74) is 0.135. The van der Waals surface area contributed by atoms with E-state index in [0.29, 0.717) is 0 Å². The summed E-state index contributed by atoms with van der Waals surface area (Å²) in [7, 11) is 0. The zero-order valence-corrected chi connectivity index (χ0v) is 9.73. The van der Waals surface area contributed by atoms with Crippen molar-refractivity contribution in [3.8, 4) is 0 Å². The molecule has 3 rings (SSSR count). The van der Waals surface area contributed by atoms with Gasteiger partial charge in [-0.1, -0.05) is 18.2 Å². The molecule has 17 heavy (non-hydrogen) atoms. The van der Waals surface area contributed by atoms with Crippen molar-refractivity contribution in [2.45, 2.75) is 13.0 Å². The van der Waals surface area contributed by atoms with Crippen molar-refractivity contribution in [3.63, 3.8) is 0 Å². The van der Waals surface area contributed by atoms with E-state index < -0.39 is 0 Å². The van der Waals surface area contributed by atoms with Crippen LogP contribution in [0.1, 0.15) is 6.42 Å². The number of aromatic nitrogens is 1. The van der Waals surface area contributed by atoms with Gasteiger partial charge in [0, 0.05) is 18.1 Å². The first-order valence-electron chi connectivity index (χ1n) is 6.13. The number of nitrogens with zero attached hydrogens (tertiary/aromatic N) is 1. The molecule has 1 saturated heterocycles. The minimum absolute atomic E-state index is 0.135. The van der Waals surface area contributed by atoms with Gasteiger partial charge in [0.2, 0.25) is 0 Å². The fraction of sp³-hybridized carbons (Fsp3) is 0.357. The molecule has 1 aromatic heterocycles. The molecule has 0 atom stereocenters. The Labute approximate surface area is 100 Å². The molecule has 2 heterocycles. The van der Waals surface area contributed by atoms with Crippen molar-refractivity contribution < 1.29 is 0 Å². The Morgan fingerprint density at radius 3 is 2.82 bits per heavy atom. The SMILES string of the molecule is O=c1c2ccccc2ccn1CCC1CNC1. The molecule has 88 valence electrons. The van der Waals surface area contributed by atoms with Gasteiger partial charge in [-0.05, 0) is 42.9 Å². The predicted octanol–water partition coefficient (Wildman–Crippen LogP) is 1.61. The highest BCUT2D eigenvalue weighted by Gasteiger charge is 2.16. The third kappa shape index (κ3) is 1.98. The Balaban J connectivity index is 1.88. The fourth-order valence-corrected chi connectivity index (χ4v) is 2.28. The van der Waals surface area contributed by atoms with E-state index >= 15 is 0 Å². The molecule has 0 saturated carbocycles. The number of nitrogens with one attached hydrogen (secondary N) is 1. The highest BCUT2D eigenvalue weighted by atomic mass is 16.1. The maximum Gasteiger partial charge on any atom is 0.258 e. The Morgan fingerprint density at radius 1 is 1.24 bits per heavy atom. The van der Waals surface area contributed by atoms with Crippen molar-refractivity contribution in [1.82, 2.24) is 9.88 Å². The van der Waals surface area contributed by atoms with Crippen molar-refractivity contribution in [2.24, 2.45) is 5.92 Å². The molecular weight excluding hydrogens is 212 g/mol. The molecule has 1 aliphatic rings. The third-order valence-corrected chi connectivity index (χ3v) is 3.53. The fourth-order valence-electron chi connectivity index (χ4n) is 2.28. The van der Waals surface area contributed by atoms with Crippen LogP contribution in [0.15, 0.2) is 41.3 Å².